The maximum atomic E-state index is 4.97. The number of nitrogens with one attached hydrogen (secondary N) is 2. The zero-order chi connectivity index (χ0) is 7.56. The van der Waals surface area contributed by atoms with Crippen LogP contribution in [0.5, 0.6) is 0 Å². The van der Waals surface area contributed by atoms with Crippen LogP contribution in [0.25, 0.3) is 0 Å². The van der Waals surface area contributed by atoms with Gasteiger partial charge in [-0.2, -0.15) is 0 Å². The van der Waals surface area contributed by atoms with E-state index in [1.54, 1.807) is 0 Å². The minimum absolute atomic E-state index is 0.375. The van der Waals surface area contributed by atoms with Gasteiger partial charge in [-0.3, -0.25) is 0 Å². The molecule has 5 heteroatoms. The van der Waals surface area contributed by atoms with E-state index in [2.05, 4.69) is 17.6 Å². The molecule has 2 N–H and O–H groups in total. The summed E-state index contributed by atoms with van der Waals surface area (Å²) in [4.78, 5) is 0. The first-order valence-corrected chi connectivity index (χ1v) is 4.58. The SMILES string of the molecule is CC1CNC(=S)SC(=S)N1. The second-order valence-corrected chi connectivity index (χ2v) is 4.46. The number of rotatable bonds is 0. The molecule has 56 valence electrons. The first-order valence-electron chi connectivity index (χ1n) is 2.94. The minimum Gasteiger partial charge on any atom is -0.369 e. The molecule has 0 amide bonds. The van der Waals surface area contributed by atoms with Crippen molar-refractivity contribution in [1.29, 1.82) is 0 Å². The zero-order valence-corrected chi connectivity index (χ0v) is 7.96. The molecule has 1 atom stereocenters. The van der Waals surface area contributed by atoms with E-state index in [1.165, 1.54) is 11.8 Å². The van der Waals surface area contributed by atoms with Gasteiger partial charge in [-0.1, -0.05) is 24.4 Å². The van der Waals surface area contributed by atoms with E-state index in [4.69, 9.17) is 24.4 Å². The van der Waals surface area contributed by atoms with Crippen LogP contribution in [0, 0.1) is 0 Å². The smallest absolute Gasteiger partial charge is 0.141 e. The lowest BCUT2D eigenvalue weighted by atomic mass is 10.3. The highest BCUT2D eigenvalue weighted by Gasteiger charge is 2.11. The number of thiocarbonyl (C=S) groups is 2. The van der Waals surface area contributed by atoms with Gasteiger partial charge in [0.25, 0.3) is 0 Å². The van der Waals surface area contributed by atoms with Crippen molar-refractivity contribution in [2.24, 2.45) is 0 Å². The van der Waals surface area contributed by atoms with Crippen molar-refractivity contribution < 1.29 is 0 Å². The third-order valence-electron chi connectivity index (χ3n) is 1.10. The summed E-state index contributed by atoms with van der Waals surface area (Å²) < 4.78 is 1.53. The average Bonchev–Trinajstić information content (AvgIpc) is 1.93. The van der Waals surface area contributed by atoms with E-state index < -0.39 is 0 Å². The Morgan fingerprint density at radius 2 is 2.20 bits per heavy atom. The maximum absolute atomic E-state index is 4.97. The second-order valence-electron chi connectivity index (χ2n) is 2.10. The van der Waals surface area contributed by atoms with Gasteiger partial charge in [0, 0.05) is 12.6 Å². The average molecular weight is 192 g/mol. The molecule has 0 radical (unpaired) electrons. The van der Waals surface area contributed by atoms with Gasteiger partial charge < -0.3 is 10.6 Å². The third-order valence-corrected chi connectivity index (χ3v) is 2.50. The molecule has 0 spiro atoms. The van der Waals surface area contributed by atoms with Crippen molar-refractivity contribution >= 4 is 44.8 Å². The van der Waals surface area contributed by atoms with E-state index in [-0.39, 0.29) is 0 Å². The predicted octanol–water partition coefficient (Wildman–Crippen LogP) is 0.871. The van der Waals surface area contributed by atoms with Gasteiger partial charge in [-0.05, 0) is 18.7 Å². The summed E-state index contributed by atoms with van der Waals surface area (Å²) in [5, 5.41) is 6.19. The fraction of sp³-hybridized carbons (Fsp3) is 0.600. The maximum Gasteiger partial charge on any atom is 0.141 e. The first-order chi connectivity index (χ1) is 4.68. The van der Waals surface area contributed by atoms with Crippen LogP contribution in [-0.4, -0.2) is 21.2 Å². The largest absolute Gasteiger partial charge is 0.369 e. The van der Waals surface area contributed by atoms with Crippen LogP contribution in [0.15, 0.2) is 0 Å². The van der Waals surface area contributed by atoms with Gasteiger partial charge in [0.1, 0.15) is 8.64 Å². The lowest BCUT2D eigenvalue weighted by Gasteiger charge is -2.08. The van der Waals surface area contributed by atoms with Crippen molar-refractivity contribution in [3.8, 4) is 0 Å². The molecule has 1 rings (SSSR count). The normalized spacial score (nSPS) is 26.7. The van der Waals surface area contributed by atoms with Gasteiger partial charge in [-0.15, -0.1) is 0 Å². The van der Waals surface area contributed by atoms with E-state index in [0.29, 0.717) is 6.04 Å². The molecule has 0 aromatic heterocycles. The van der Waals surface area contributed by atoms with E-state index in [0.717, 1.165) is 15.2 Å². The van der Waals surface area contributed by atoms with Crippen LogP contribution in [-0.2, 0) is 0 Å². The van der Waals surface area contributed by atoms with E-state index in [1.807, 2.05) is 0 Å². The molecule has 0 saturated carbocycles. The molecule has 1 saturated heterocycles. The second kappa shape index (κ2) is 3.50. The van der Waals surface area contributed by atoms with Crippen LogP contribution in [0.3, 0.4) is 0 Å². The summed E-state index contributed by atoms with van der Waals surface area (Å²) in [6.07, 6.45) is 0. The number of thioether (sulfide) groups is 1. The summed E-state index contributed by atoms with van der Waals surface area (Å²) in [6.45, 7) is 2.92. The molecule has 1 aliphatic heterocycles. The Balaban J connectivity index is 2.54. The molecule has 2 nitrogen and oxygen atoms in total. The molecular weight excluding hydrogens is 184 g/mol. The van der Waals surface area contributed by atoms with Gasteiger partial charge >= 0.3 is 0 Å². The molecule has 0 bridgehead atoms. The van der Waals surface area contributed by atoms with Crippen molar-refractivity contribution in [1.82, 2.24) is 10.6 Å². The summed E-state index contributed by atoms with van der Waals surface area (Å²) >= 11 is 11.3. The van der Waals surface area contributed by atoms with Crippen LogP contribution in [0.2, 0.25) is 0 Å². The number of hydrogen-bond donors (Lipinski definition) is 2. The summed E-state index contributed by atoms with van der Waals surface area (Å²) in [5.41, 5.74) is 0. The zero-order valence-electron chi connectivity index (χ0n) is 5.51. The monoisotopic (exact) mass is 192 g/mol. The van der Waals surface area contributed by atoms with Gasteiger partial charge in [-0.25, -0.2) is 0 Å². The minimum atomic E-state index is 0.375. The Bertz CT molecular complexity index is 168. The highest BCUT2D eigenvalue weighted by Crippen LogP contribution is 2.07. The van der Waals surface area contributed by atoms with Crippen molar-refractivity contribution in [2.45, 2.75) is 13.0 Å². The molecule has 1 heterocycles. The Hall–Kier alpha value is 0.130. The van der Waals surface area contributed by atoms with Gasteiger partial charge in [0.15, 0.2) is 0 Å². The highest BCUT2D eigenvalue weighted by molar-refractivity contribution is 8.37. The quantitative estimate of drug-likeness (QED) is 0.555. The standard InChI is InChI=1S/C5H8N2S3/c1-3-2-6-4(8)10-5(9)7-3/h3H,2H2,1H3,(H,6,8)(H,7,9). The van der Waals surface area contributed by atoms with E-state index in [9.17, 15) is 0 Å². The Morgan fingerprint density at radius 3 is 2.90 bits per heavy atom. The van der Waals surface area contributed by atoms with Crippen LogP contribution >= 0.6 is 36.2 Å². The summed E-state index contributed by atoms with van der Waals surface area (Å²) in [5.74, 6) is 0. The van der Waals surface area contributed by atoms with Crippen molar-refractivity contribution in [2.75, 3.05) is 6.54 Å². The van der Waals surface area contributed by atoms with Crippen LogP contribution < -0.4 is 10.6 Å². The molecular formula is C5H8N2S3. The lowest BCUT2D eigenvalue weighted by molar-refractivity contribution is 0.655. The molecule has 1 unspecified atom stereocenters. The van der Waals surface area contributed by atoms with Crippen LogP contribution in [0.1, 0.15) is 6.92 Å². The van der Waals surface area contributed by atoms with Crippen LogP contribution in [0.4, 0.5) is 0 Å². The Labute approximate surface area is 75.1 Å². The van der Waals surface area contributed by atoms with E-state index >= 15 is 0 Å². The molecule has 0 aromatic rings. The molecule has 0 aromatic carbocycles. The third kappa shape index (κ3) is 2.40. The molecule has 10 heavy (non-hydrogen) atoms. The van der Waals surface area contributed by atoms with Crippen molar-refractivity contribution in [3.05, 3.63) is 0 Å². The predicted molar refractivity (Wildman–Crippen MR) is 53.4 cm³/mol. The Morgan fingerprint density at radius 1 is 1.50 bits per heavy atom. The number of hydrogen-bond acceptors (Lipinski definition) is 3. The lowest BCUT2D eigenvalue weighted by Crippen LogP contribution is -2.34. The fourth-order valence-corrected chi connectivity index (χ4v) is 2.17. The summed E-state index contributed by atoms with van der Waals surface area (Å²) in [7, 11) is 0. The summed E-state index contributed by atoms with van der Waals surface area (Å²) in [6, 6.07) is 0.375. The molecule has 1 fully saturated rings. The highest BCUT2D eigenvalue weighted by atomic mass is 32.2. The van der Waals surface area contributed by atoms with Gasteiger partial charge in [0.2, 0.25) is 0 Å². The first kappa shape index (κ1) is 8.23. The van der Waals surface area contributed by atoms with Gasteiger partial charge in [0.05, 0.1) is 0 Å². The molecule has 1 aliphatic rings. The fourth-order valence-electron chi connectivity index (χ4n) is 0.638. The van der Waals surface area contributed by atoms with Crippen molar-refractivity contribution in [3.63, 3.8) is 0 Å². The Kier molecular flexibility index (Phi) is 2.88. The topological polar surface area (TPSA) is 24.1 Å². The molecule has 0 aliphatic carbocycles.